The van der Waals surface area contributed by atoms with Crippen molar-refractivity contribution in [3.05, 3.63) is 49.2 Å². The van der Waals surface area contributed by atoms with E-state index in [4.69, 9.17) is 9.84 Å². The number of rotatable bonds is 13. The summed E-state index contributed by atoms with van der Waals surface area (Å²) in [5.41, 5.74) is -0.262. The number of carboxylic acid groups (broad SMARTS) is 1. The van der Waals surface area contributed by atoms with Crippen molar-refractivity contribution in [1.82, 2.24) is 20.9 Å². The zero-order chi connectivity index (χ0) is 23.4. The minimum Gasteiger partial charge on any atom is -0.478 e. The molecule has 4 N–H and O–H groups in total. The average molecular weight is 434 g/mol. The second-order valence-electron chi connectivity index (χ2n) is 6.89. The highest BCUT2D eigenvalue weighted by molar-refractivity contribution is 6.00. The summed E-state index contributed by atoms with van der Waals surface area (Å²) < 4.78 is 5.39. The molecule has 1 atom stereocenters. The molecule has 1 unspecified atom stereocenters. The monoisotopic (exact) mass is 434 g/mol. The Morgan fingerprint density at radius 3 is 2.32 bits per heavy atom. The molecule has 1 aliphatic rings. The molecule has 0 spiro atoms. The van der Waals surface area contributed by atoms with E-state index in [9.17, 15) is 19.2 Å². The Morgan fingerprint density at radius 2 is 1.74 bits per heavy atom. The molecule has 1 saturated heterocycles. The molecule has 1 rings (SSSR count). The van der Waals surface area contributed by atoms with Crippen LogP contribution in [0, 0.1) is 0 Å². The molecule has 0 aromatic heterocycles. The standard InChI is InChI=1S/C21H30N4O6/c1-5-18(26)25(9-6-7-17-13-31-10-8-22-17)16(4)20(28)24-11-14(2)19(27)23-12-15(3)21(29)30/h5,17,22H,1-4,6-13H2,(H,23,27)(H,24,28)(H,29,30). The van der Waals surface area contributed by atoms with Gasteiger partial charge in [0.15, 0.2) is 0 Å². The second-order valence-corrected chi connectivity index (χ2v) is 6.89. The highest BCUT2D eigenvalue weighted by Gasteiger charge is 2.21. The Morgan fingerprint density at radius 1 is 1.10 bits per heavy atom. The molecule has 0 radical (unpaired) electrons. The summed E-state index contributed by atoms with van der Waals surface area (Å²) in [6.45, 7) is 15.9. The number of aliphatic carboxylic acids is 1. The van der Waals surface area contributed by atoms with Gasteiger partial charge < -0.3 is 30.7 Å². The topological polar surface area (TPSA) is 137 Å². The number of carboxylic acids is 1. The van der Waals surface area contributed by atoms with E-state index >= 15 is 0 Å². The molecule has 1 aliphatic heterocycles. The van der Waals surface area contributed by atoms with Gasteiger partial charge in [0, 0.05) is 43.4 Å². The summed E-state index contributed by atoms with van der Waals surface area (Å²) in [6, 6.07) is 0.190. The van der Waals surface area contributed by atoms with Crippen LogP contribution in [-0.4, -0.2) is 79.1 Å². The lowest BCUT2D eigenvalue weighted by Gasteiger charge is -2.26. The highest BCUT2D eigenvalue weighted by atomic mass is 16.5. The normalized spacial score (nSPS) is 15.3. The third-order valence-corrected chi connectivity index (χ3v) is 4.51. The number of amides is 3. The third kappa shape index (κ3) is 8.97. The van der Waals surface area contributed by atoms with Crippen LogP contribution in [0.25, 0.3) is 0 Å². The van der Waals surface area contributed by atoms with Crippen LogP contribution in [0.5, 0.6) is 0 Å². The average Bonchev–Trinajstić information content (AvgIpc) is 2.77. The number of nitrogens with zero attached hydrogens (tertiary/aromatic N) is 1. The van der Waals surface area contributed by atoms with E-state index in [0.29, 0.717) is 19.6 Å². The second kappa shape index (κ2) is 13.1. The van der Waals surface area contributed by atoms with E-state index in [-0.39, 0.29) is 42.5 Å². The molecule has 1 heterocycles. The maximum absolute atomic E-state index is 12.4. The molecule has 0 bridgehead atoms. The number of hydrogen-bond acceptors (Lipinski definition) is 6. The summed E-state index contributed by atoms with van der Waals surface area (Å²) in [5, 5.41) is 16.9. The van der Waals surface area contributed by atoms with Crippen molar-refractivity contribution in [1.29, 1.82) is 0 Å². The number of morpholine rings is 1. The fourth-order valence-electron chi connectivity index (χ4n) is 2.67. The van der Waals surface area contributed by atoms with Crippen LogP contribution in [0.3, 0.4) is 0 Å². The van der Waals surface area contributed by atoms with Gasteiger partial charge in [0.1, 0.15) is 5.70 Å². The van der Waals surface area contributed by atoms with E-state index < -0.39 is 23.7 Å². The maximum Gasteiger partial charge on any atom is 0.332 e. The lowest BCUT2D eigenvalue weighted by Crippen LogP contribution is -2.42. The molecular formula is C21H30N4O6. The summed E-state index contributed by atoms with van der Waals surface area (Å²) >= 11 is 0. The summed E-state index contributed by atoms with van der Waals surface area (Å²) in [7, 11) is 0. The first-order valence-electron chi connectivity index (χ1n) is 9.76. The van der Waals surface area contributed by atoms with Gasteiger partial charge in [-0.3, -0.25) is 14.4 Å². The number of carbonyl (C=O) groups excluding carboxylic acids is 3. The van der Waals surface area contributed by atoms with Crippen molar-refractivity contribution in [3.63, 3.8) is 0 Å². The van der Waals surface area contributed by atoms with Crippen molar-refractivity contribution in [3.8, 4) is 0 Å². The van der Waals surface area contributed by atoms with Crippen LogP contribution in [0.1, 0.15) is 12.8 Å². The summed E-state index contributed by atoms with van der Waals surface area (Å²) in [4.78, 5) is 48.4. The summed E-state index contributed by atoms with van der Waals surface area (Å²) in [6.07, 6.45) is 2.48. The van der Waals surface area contributed by atoms with E-state index in [0.717, 1.165) is 19.0 Å². The van der Waals surface area contributed by atoms with Gasteiger partial charge in [-0.05, 0) is 18.9 Å². The number of ether oxygens (including phenoxy) is 1. The van der Waals surface area contributed by atoms with E-state index in [2.05, 4.69) is 42.3 Å². The van der Waals surface area contributed by atoms with Crippen molar-refractivity contribution in [2.75, 3.05) is 39.4 Å². The van der Waals surface area contributed by atoms with Gasteiger partial charge in [-0.1, -0.05) is 26.3 Å². The van der Waals surface area contributed by atoms with Crippen molar-refractivity contribution >= 4 is 23.7 Å². The van der Waals surface area contributed by atoms with Gasteiger partial charge in [0.05, 0.1) is 13.2 Å². The predicted molar refractivity (Wildman–Crippen MR) is 115 cm³/mol. The Bertz CT molecular complexity index is 755. The third-order valence-electron chi connectivity index (χ3n) is 4.51. The van der Waals surface area contributed by atoms with Crippen molar-refractivity contribution < 1.29 is 29.0 Å². The van der Waals surface area contributed by atoms with Crippen molar-refractivity contribution in [2.45, 2.75) is 18.9 Å². The smallest absolute Gasteiger partial charge is 0.332 e. The molecule has 170 valence electrons. The van der Waals surface area contributed by atoms with Crippen LogP contribution < -0.4 is 16.0 Å². The van der Waals surface area contributed by atoms with E-state index in [1.54, 1.807) is 0 Å². The van der Waals surface area contributed by atoms with Gasteiger partial charge in [-0.15, -0.1) is 0 Å². The Balaban J connectivity index is 2.52. The van der Waals surface area contributed by atoms with Crippen LogP contribution in [0.15, 0.2) is 49.2 Å². The molecule has 0 saturated carbocycles. The quantitative estimate of drug-likeness (QED) is 0.292. The summed E-state index contributed by atoms with van der Waals surface area (Å²) in [5.74, 6) is -2.96. The molecular weight excluding hydrogens is 404 g/mol. The molecule has 31 heavy (non-hydrogen) atoms. The van der Waals surface area contributed by atoms with Crippen LogP contribution in [0.4, 0.5) is 0 Å². The van der Waals surface area contributed by atoms with Gasteiger partial charge in [-0.25, -0.2) is 4.79 Å². The van der Waals surface area contributed by atoms with E-state index in [1.165, 1.54) is 4.90 Å². The zero-order valence-electron chi connectivity index (χ0n) is 17.6. The largest absolute Gasteiger partial charge is 0.478 e. The molecule has 0 aromatic carbocycles. The minimum absolute atomic E-state index is 0.00399. The Labute approximate surface area is 181 Å². The van der Waals surface area contributed by atoms with Crippen molar-refractivity contribution in [2.24, 2.45) is 0 Å². The van der Waals surface area contributed by atoms with Gasteiger partial charge in [-0.2, -0.15) is 0 Å². The lowest BCUT2D eigenvalue weighted by atomic mass is 10.1. The zero-order valence-corrected chi connectivity index (χ0v) is 17.6. The minimum atomic E-state index is -1.23. The molecule has 0 aliphatic carbocycles. The Hall–Kier alpha value is -3.24. The first kappa shape index (κ1) is 25.8. The maximum atomic E-state index is 12.4. The first-order chi connectivity index (χ1) is 14.7. The molecule has 10 nitrogen and oxygen atoms in total. The molecule has 1 fully saturated rings. The molecule has 3 amide bonds. The number of carbonyl (C=O) groups is 4. The first-order valence-corrected chi connectivity index (χ1v) is 9.76. The lowest BCUT2D eigenvalue weighted by molar-refractivity contribution is -0.132. The fraction of sp³-hybridized carbons (Fsp3) is 0.429. The molecule has 0 aromatic rings. The number of nitrogens with one attached hydrogen (secondary N) is 3. The fourth-order valence-corrected chi connectivity index (χ4v) is 2.67. The number of hydrogen-bond donors (Lipinski definition) is 4. The molecule has 10 heteroatoms. The van der Waals surface area contributed by atoms with Crippen LogP contribution in [0.2, 0.25) is 0 Å². The highest BCUT2D eigenvalue weighted by Crippen LogP contribution is 2.09. The predicted octanol–water partition coefficient (Wildman–Crippen LogP) is -0.287. The SMILES string of the molecule is C=CC(=O)N(CCCC1COCCN1)C(=C)C(=O)NCC(=C)C(=O)NCC(=C)C(=O)O. The van der Waals surface area contributed by atoms with Gasteiger partial charge >= 0.3 is 5.97 Å². The van der Waals surface area contributed by atoms with Crippen LogP contribution >= 0.6 is 0 Å². The Kier molecular flexibility index (Phi) is 10.9. The van der Waals surface area contributed by atoms with E-state index in [1.807, 2.05) is 0 Å². The van der Waals surface area contributed by atoms with Gasteiger partial charge in [0.2, 0.25) is 5.91 Å². The van der Waals surface area contributed by atoms with Crippen LogP contribution in [-0.2, 0) is 23.9 Å². The van der Waals surface area contributed by atoms with Gasteiger partial charge in [0.25, 0.3) is 11.8 Å².